The Bertz CT molecular complexity index is 3080. The summed E-state index contributed by atoms with van der Waals surface area (Å²) in [7, 11) is 0. The van der Waals surface area contributed by atoms with Crippen LogP contribution >= 0.6 is 0 Å². The molecule has 8 aliphatic carbocycles. The predicted molar refractivity (Wildman–Crippen MR) is 250 cm³/mol. The highest BCUT2D eigenvalue weighted by atomic mass is 15.1. The molecular weight excluding hydrogens is 737 g/mol. The summed E-state index contributed by atoms with van der Waals surface area (Å²) in [6.45, 7) is 0. The van der Waals surface area contributed by atoms with Gasteiger partial charge in [0.05, 0.1) is 11.0 Å². The van der Waals surface area contributed by atoms with Crippen molar-refractivity contribution >= 4 is 38.9 Å². The van der Waals surface area contributed by atoms with Gasteiger partial charge in [0.1, 0.15) is 0 Å². The molecule has 1 aromatic heterocycles. The lowest BCUT2D eigenvalue weighted by atomic mass is 9.43. The Kier molecular flexibility index (Phi) is 6.62. The van der Waals surface area contributed by atoms with Gasteiger partial charge in [0.25, 0.3) is 0 Å². The van der Waals surface area contributed by atoms with Gasteiger partial charge in [-0.3, -0.25) is 0 Å². The van der Waals surface area contributed by atoms with Crippen LogP contribution in [0.2, 0.25) is 0 Å². The normalized spacial score (nSPS) is 29.2. The molecule has 3 atom stereocenters. The van der Waals surface area contributed by atoms with E-state index in [2.05, 4.69) is 167 Å². The maximum Gasteiger partial charge on any atom is 0.0541 e. The van der Waals surface area contributed by atoms with E-state index in [4.69, 9.17) is 0 Å². The second kappa shape index (κ2) is 11.9. The van der Waals surface area contributed by atoms with Crippen LogP contribution < -0.4 is 4.90 Å². The van der Waals surface area contributed by atoms with Crippen LogP contribution in [0.15, 0.2) is 158 Å². The summed E-state index contributed by atoms with van der Waals surface area (Å²) >= 11 is 0. The van der Waals surface area contributed by atoms with Gasteiger partial charge in [-0.05, 0) is 186 Å². The highest BCUT2D eigenvalue weighted by molar-refractivity contribution is 6.09. The highest BCUT2D eigenvalue weighted by Gasteiger charge is 2.62. The molecule has 0 radical (unpaired) electrons. The van der Waals surface area contributed by atoms with E-state index in [1.54, 1.807) is 22.3 Å². The van der Waals surface area contributed by atoms with Crippen LogP contribution in [0.4, 0.5) is 17.1 Å². The molecule has 1 heterocycles. The number of aromatic nitrogens is 1. The summed E-state index contributed by atoms with van der Waals surface area (Å²) in [5.74, 6) is 4.99. The number of fused-ring (bicyclic) bond motifs is 14. The van der Waals surface area contributed by atoms with Crippen molar-refractivity contribution in [3.63, 3.8) is 0 Å². The maximum atomic E-state index is 2.60. The third kappa shape index (κ3) is 4.25. The van der Waals surface area contributed by atoms with Gasteiger partial charge >= 0.3 is 0 Å². The van der Waals surface area contributed by atoms with Gasteiger partial charge in [-0.1, -0.05) is 110 Å². The molecule has 7 aromatic carbocycles. The van der Waals surface area contributed by atoms with E-state index >= 15 is 0 Å². The first kappa shape index (κ1) is 33.8. The lowest BCUT2D eigenvalue weighted by Crippen LogP contribution is -2.55. The number of nitrogens with zero attached hydrogens (tertiary/aromatic N) is 2. The second-order valence-corrected chi connectivity index (χ2v) is 20.5. The molecule has 0 N–H and O–H groups in total. The fourth-order valence-electron chi connectivity index (χ4n) is 16.2. The zero-order chi connectivity index (χ0) is 39.6. The number of anilines is 3. The van der Waals surface area contributed by atoms with Crippen molar-refractivity contribution in [2.45, 2.75) is 68.6 Å². The summed E-state index contributed by atoms with van der Waals surface area (Å²) in [5.41, 5.74) is 19.9. The molecule has 6 bridgehead atoms. The molecule has 6 fully saturated rings. The topological polar surface area (TPSA) is 8.17 Å². The average Bonchev–Trinajstić information content (AvgIpc) is 4.11. The lowest BCUT2D eigenvalue weighted by Gasteiger charge is -2.61. The second-order valence-electron chi connectivity index (χ2n) is 20.5. The van der Waals surface area contributed by atoms with Gasteiger partial charge in [0.2, 0.25) is 0 Å². The summed E-state index contributed by atoms with van der Waals surface area (Å²) in [5, 5.41) is 2.59. The van der Waals surface area contributed by atoms with E-state index in [1.807, 2.05) is 0 Å². The molecule has 16 rings (SSSR count). The van der Waals surface area contributed by atoms with E-state index in [0.717, 1.165) is 35.5 Å². The standard InChI is InChI=1S/C59H50N2/c1-5-16-52-46(12-1)50-33-44(22-24-53(50)58(52)35-36-20-21-39(58)27-36)60(42-10-9-11-43(32-42)61-56-18-7-3-14-48(56)49-15-4-8-19-57(49)61)45-23-25-55-51(34-45)47-13-2-6-17-54(47)59(55)40-28-37-26-38(30-40)31-41(59)29-37/h1-19,22-25,32-34,36-41H,20-21,26-31,35H2. The number of benzene rings is 7. The Morgan fingerprint density at radius 3 is 1.62 bits per heavy atom. The number of hydrogen-bond donors (Lipinski definition) is 0. The van der Waals surface area contributed by atoms with E-state index in [-0.39, 0.29) is 10.8 Å². The minimum absolute atomic E-state index is 0.158. The maximum absolute atomic E-state index is 2.60. The van der Waals surface area contributed by atoms with Gasteiger partial charge < -0.3 is 9.47 Å². The van der Waals surface area contributed by atoms with Crippen molar-refractivity contribution < 1.29 is 0 Å². The first-order valence-corrected chi connectivity index (χ1v) is 23.5. The molecule has 3 unspecified atom stereocenters. The summed E-state index contributed by atoms with van der Waals surface area (Å²) in [6, 6.07) is 61.5. The molecule has 2 nitrogen and oxygen atoms in total. The summed E-state index contributed by atoms with van der Waals surface area (Å²) in [6.07, 6.45) is 12.6. The minimum Gasteiger partial charge on any atom is -0.310 e. The highest BCUT2D eigenvalue weighted by Crippen LogP contribution is 2.70. The third-order valence-electron chi connectivity index (χ3n) is 18.0. The van der Waals surface area contributed by atoms with Crippen molar-refractivity contribution in [1.29, 1.82) is 0 Å². The van der Waals surface area contributed by atoms with Crippen molar-refractivity contribution in [2.75, 3.05) is 4.90 Å². The molecule has 0 amide bonds. The van der Waals surface area contributed by atoms with Gasteiger partial charge in [-0.15, -0.1) is 0 Å². The fraction of sp³-hybridized carbons (Fsp3) is 0.288. The van der Waals surface area contributed by atoms with Crippen LogP contribution in [0.1, 0.15) is 80.0 Å². The molecular formula is C59H50N2. The summed E-state index contributed by atoms with van der Waals surface area (Å²) < 4.78 is 2.47. The van der Waals surface area contributed by atoms with Gasteiger partial charge in [-0.25, -0.2) is 0 Å². The molecule has 0 aliphatic heterocycles. The molecule has 6 saturated carbocycles. The van der Waals surface area contributed by atoms with E-state index in [0.29, 0.717) is 0 Å². The Balaban J connectivity index is 0.950. The Labute approximate surface area is 358 Å². The van der Waals surface area contributed by atoms with Crippen molar-refractivity contribution in [1.82, 2.24) is 4.57 Å². The predicted octanol–water partition coefficient (Wildman–Crippen LogP) is 15.1. The SMILES string of the molecule is c1cc(N(c2ccc3c(c2)-c2ccccc2C32CC3CCC2C3)c2ccc3c(c2)-c2ccccc2C32C3CC4CC(C3)CC2C4)cc(-n2c3ccccc3c3ccccc32)c1. The van der Waals surface area contributed by atoms with E-state index < -0.39 is 0 Å². The summed E-state index contributed by atoms with van der Waals surface area (Å²) in [4.78, 5) is 2.59. The molecule has 8 aromatic rings. The van der Waals surface area contributed by atoms with E-state index in [9.17, 15) is 0 Å². The quantitative estimate of drug-likeness (QED) is 0.172. The molecule has 296 valence electrons. The van der Waals surface area contributed by atoms with Gasteiger partial charge in [0.15, 0.2) is 0 Å². The van der Waals surface area contributed by atoms with Crippen LogP contribution in [0.3, 0.4) is 0 Å². The molecule has 0 saturated heterocycles. The number of para-hydroxylation sites is 2. The van der Waals surface area contributed by atoms with Crippen LogP contribution in [-0.2, 0) is 10.8 Å². The van der Waals surface area contributed by atoms with Gasteiger partial charge in [-0.2, -0.15) is 0 Å². The van der Waals surface area contributed by atoms with Crippen molar-refractivity contribution in [3.8, 4) is 27.9 Å². The average molecular weight is 787 g/mol. The Hall–Kier alpha value is -5.86. The number of hydrogen-bond acceptors (Lipinski definition) is 1. The zero-order valence-corrected chi connectivity index (χ0v) is 34.7. The monoisotopic (exact) mass is 786 g/mol. The first-order chi connectivity index (χ1) is 30.2. The Morgan fingerprint density at radius 1 is 0.410 bits per heavy atom. The smallest absolute Gasteiger partial charge is 0.0541 e. The van der Waals surface area contributed by atoms with Crippen molar-refractivity contribution in [3.05, 3.63) is 180 Å². The molecule has 61 heavy (non-hydrogen) atoms. The number of rotatable bonds is 4. The van der Waals surface area contributed by atoms with Crippen LogP contribution in [0.25, 0.3) is 49.7 Å². The molecule has 2 heteroatoms. The van der Waals surface area contributed by atoms with Crippen LogP contribution in [0, 0.1) is 35.5 Å². The third-order valence-corrected chi connectivity index (χ3v) is 18.0. The van der Waals surface area contributed by atoms with Crippen LogP contribution in [0.5, 0.6) is 0 Å². The van der Waals surface area contributed by atoms with Gasteiger partial charge in [0, 0.05) is 44.4 Å². The van der Waals surface area contributed by atoms with Crippen molar-refractivity contribution in [2.24, 2.45) is 35.5 Å². The van der Waals surface area contributed by atoms with E-state index in [1.165, 1.54) is 125 Å². The zero-order valence-electron chi connectivity index (χ0n) is 34.7. The fourth-order valence-corrected chi connectivity index (χ4v) is 16.2. The van der Waals surface area contributed by atoms with Crippen LogP contribution in [-0.4, -0.2) is 4.57 Å². The molecule has 2 spiro atoms. The lowest BCUT2D eigenvalue weighted by molar-refractivity contribution is -0.0399. The molecule has 8 aliphatic rings. The first-order valence-electron chi connectivity index (χ1n) is 23.5. The minimum atomic E-state index is 0.158. The largest absolute Gasteiger partial charge is 0.310 e. The Morgan fingerprint density at radius 2 is 0.951 bits per heavy atom.